The molecule has 3 aromatic heterocycles. The zero-order valence-corrected chi connectivity index (χ0v) is 19.3. The molecule has 2 amide bonds. The van der Waals surface area contributed by atoms with Crippen LogP contribution in [0.4, 0.5) is 23.7 Å². The molecule has 0 unspecified atom stereocenters. The largest absolute Gasteiger partial charge is 0.483 e. The number of rotatable bonds is 5. The molecule has 0 aliphatic rings. The van der Waals surface area contributed by atoms with Gasteiger partial charge >= 0.3 is 12.2 Å². The fourth-order valence-electron chi connectivity index (χ4n) is 3.19. The lowest BCUT2D eigenvalue weighted by molar-refractivity contribution is -0.123. The first-order valence-electron chi connectivity index (χ1n) is 9.87. The molecule has 0 radical (unpaired) electrons. The lowest BCUT2D eigenvalue weighted by Crippen LogP contribution is -2.36. The smallest absolute Gasteiger partial charge is 0.405 e. The molecule has 0 aliphatic carbocycles. The maximum Gasteiger partial charge on any atom is 0.405 e. The van der Waals surface area contributed by atoms with E-state index in [4.69, 9.17) is 9.90 Å². The van der Waals surface area contributed by atoms with Crippen molar-refractivity contribution in [2.24, 2.45) is 7.05 Å². The number of imidazole rings is 1. The van der Waals surface area contributed by atoms with Crippen molar-refractivity contribution in [3.8, 4) is 22.6 Å². The Balaban J connectivity index is 0.00000108. The summed E-state index contributed by atoms with van der Waals surface area (Å²) in [5, 5.41) is 20.3. The van der Waals surface area contributed by atoms with Gasteiger partial charge in [0.2, 0.25) is 0 Å². The second-order valence-electron chi connectivity index (χ2n) is 6.97. The number of alkyl halides is 3. The molecule has 0 saturated heterocycles. The van der Waals surface area contributed by atoms with Gasteiger partial charge < -0.3 is 20.3 Å². The van der Waals surface area contributed by atoms with Crippen molar-refractivity contribution in [2.45, 2.75) is 11.3 Å². The van der Waals surface area contributed by atoms with Crippen LogP contribution in [0.15, 0.2) is 53.9 Å². The molecule has 14 heteroatoms. The van der Waals surface area contributed by atoms with Crippen LogP contribution in [0.3, 0.4) is 0 Å². The Labute approximate surface area is 201 Å². The summed E-state index contributed by atoms with van der Waals surface area (Å²) in [4.78, 5) is 24.6. The summed E-state index contributed by atoms with van der Waals surface area (Å²) in [7, 11) is 1.89. The van der Waals surface area contributed by atoms with Crippen LogP contribution in [-0.4, -0.2) is 60.7 Å². The van der Waals surface area contributed by atoms with Gasteiger partial charge in [-0.25, -0.2) is 9.78 Å². The number of aromatic nitrogens is 5. The average Bonchev–Trinajstić information content (AvgIpc) is 3.40. The Kier molecular flexibility index (Phi) is 7.96. The number of anilines is 1. The second kappa shape index (κ2) is 10.9. The molecule has 0 bridgehead atoms. The minimum atomic E-state index is -4.48. The van der Waals surface area contributed by atoms with Crippen molar-refractivity contribution >= 4 is 35.6 Å². The van der Waals surface area contributed by atoms with E-state index in [0.29, 0.717) is 11.3 Å². The number of amides is 2. The number of nitrogens with one attached hydrogen (secondary N) is 2. The first-order valence-corrected chi connectivity index (χ1v) is 11.1. The van der Waals surface area contributed by atoms with Crippen LogP contribution in [-0.2, 0) is 11.8 Å². The number of benzene rings is 1. The second-order valence-corrected chi connectivity index (χ2v) is 7.74. The SMILES string of the molecule is CSc1nnc(-c2ccn3c(-c4cccc(NC(=O)NCC(F)(F)F)c4)cnc3c2)n1C.O=CO. The van der Waals surface area contributed by atoms with Crippen LogP contribution in [0.25, 0.3) is 28.3 Å². The van der Waals surface area contributed by atoms with Gasteiger partial charge in [-0.05, 0) is 30.5 Å². The first-order chi connectivity index (χ1) is 16.7. The van der Waals surface area contributed by atoms with Gasteiger partial charge in [0.15, 0.2) is 11.0 Å². The Bertz CT molecular complexity index is 1340. The molecule has 4 rings (SSSR count). The molecule has 4 aromatic rings. The molecular weight excluding hydrogens is 487 g/mol. The number of urea groups is 1. The number of pyridine rings is 1. The summed E-state index contributed by atoms with van der Waals surface area (Å²) < 4.78 is 40.6. The third-order valence-corrected chi connectivity index (χ3v) is 5.38. The molecule has 0 aliphatic heterocycles. The maximum absolute atomic E-state index is 12.3. The third-order valence-electron chi connectivity index (χ3n) is 4.65. The average molecular weight is 507 g/mol. The van der Waals surface area contributed by atoms with Crippen LogP contribution in [0.2, 0.25) is 0 Å². The van der Waals surface area contributed by atoms with E-state index in [1.54, 1.807) is 29.7 Å². The van der Waals surface area contributed by atoms with Crippen LogP contribution in [0.1, 0.15) is 0 Å². The van der Waals surface area contributed by atoms with E-state index in [1.165, 1.54) is 11.8 Å². The summed E-state index contributed by atoms with van der Waals surface area (Å²) in [6.07, 6.45) is 1.000. The molecule has 0 saturated carbocycles. The fourth-order valence-corrected chi connectivity index (χ4v) is 3.67. The zero-order valence-electron chi connectivity index (χ0n) is 18.4. The van der Waals surface area contributed by atoms with Gasteiger partial charge in [-0.2, -0.15) is 13.2 Å². The molecule has 0 spiro atoms. The van der Waals surface area contributed by atoms with Crippen molar-refractivity contribution in [3.63, 3.8) is 0 Å². The molecule has 0 atom stereocenters. The van der Waals surface area contributed by atoms with E-state index in [-0.39, 0.29) is 6.47 Å². The van der Waals surface area contributed by atoms with Crippen molar-refractivity contribution in [3.05, 3.63) is 48.8 Å². The van der Waals surface area contributed by atoms with E-state index in [1.807, 2.05) is 46.7 Å². The molecule has 35 heavy (non-hydrogen) atoms. The number of hydrogen-bond donors (Lipinski definition) is 3. The van der Waals surface area contributed by atoms with Crippen molar-refractivity contribution < 1.29 is 27.9 Å². The molecule has 1 aromatic carbocycles. The lowest BCUT2D eigenvalue weighted by Gasteiger charge is -2.11. The highest BCUT2D eigenvalue weighted by Crippen LogP contribution is 2.27. The fraction of sp³-hybridized carbons (Fsp3) is 0.190. The number of carbonyl (C=O) groups excluding carboxylic acids is 1. The summed E-state index contributed by atoms with van der Waals surface area (Å²) in [6.45, 7) is -1.65. The number of nitrogens with zero attached hydrogens (tertiary/aromatic N) is 5. The third kappa shape index (κ3) is 6.29. The molecular formula is C21H20F3N7O3S. The van der Waals surface area contributed by atoms with Gasteiger partial charge in [0.05, 0.1) is 11.9 Å². The Morgan fingerprint density at radius 1 is 1.20 bits per heavy atom. The highest BCUT2D eigenvalue weighted by molar-refractivity contribution is 7.98. The number of halogens is 3. The predicted molar refractivity (Wildman–Crippen MR) is 124 cm³/mol. The maximum atomic E-state index is 12.3. The standard InChI is InChI=1S/C20H18F3N7OS.CH2O2/c1-29-17(27-28-19(29)32-2)13-6-7-30-15(10-24-16(30)9-13)12-4-3-5-14(8-12)26-18(31)25-11-20(21,22)23;2-1-3/h3-10H,11H2,1-2H3,(H2,25,26,31);1H,(H,2,3). The quantitative estimate of drug-likeness (QED) is 0.276. The number of carboxylic acid groups (broad SMARTS) is 1. The number of thioether (sulfide) groups is 1. The van der Waals surface area contributed by atoms with Gasteiger partial charge in [-0.1, -0.05) is 23.9 Å². The van der Waals surface area contributed by atoms with E-state index in [9.17, 15) is 18.0 Å². The molecule has 184 valence electrons. The minimum Gasteiger partial charge on any atom is -0.483 e. The predicted octanol–water partition coefficient (Wildman–Crippen LogP) is 3.90. The van der Waals surface area contributed by atoms with Crippen LogP contribution in [0, 0.1) is 0 Å². The summed E-state index contributed by atoms with van der Waals surface area (Å²) in [5.74, 6) is 0.720. The first kappa shape index (κ1) is 25.6. The van der Waals surface area contributed by atoms with Crippen LogP contribution < -0.4 is 10.6 Å². The number of carbonyl (C=O) groups is 2. The Morgan fingerprint density at radius 2 is 1.94 bits per heavy atom. The van der Waals surface area contributed by atoms with E-state index >= 15 is 0 Å². The van der Waals surface area contributed by atoms with Gasteiger partial charge in [0, 0.05) is 30.1 Å². The van der Waals surface area contributed by atoms with E-state index < -0.39 is 18.8 Å². The van der Waals surface area contributed by atoms with E-state index in [2.05, 4.69) is 20.5 Å². The van der Waals surface area contributed by atoms with Gasteiger partial charge in [-0.15, -0.1) is 10.2 Å². The minimum absolute atomic E-state index is 0.250. The summed E-state index contributed by atoms with van der Waals surface area (Å²) >= 11 is 1.50. The molecule has 3 N–H and O–H groups in total. The normalized spacial score (nSPS) is 11.0. The van der Waals surface area contributed by atoms with Crippen LogP contribution >= 0.6 is 11.8 Å². The topological polar surface area (TPSA) is 126 Å². The van der Waals surface area contributed by atoms with Gasteiger partial charge in [0.25, 0.3) is 6.47 Å². The van der Waals surface area contributed by atoms with Crippen molar-refractivity contribution in [2.75, 3.05) is 18.1 Å². The monoisotopic (exact) mass is 507 g/mol. The van der Waals surface area contributed by atoms with Crippen molar-refractivity contribution in [1.82, 2.24) is 29.5 Å². The molecule has 0 fully saturated rings. The highest BCUT2D eigenvalue weighted by atomic mass is 32.2. The summed E-state index contributed by atoms with van der Waals surface area (Å²) in [6, 6.07) is 9.64. The molecule has 10 nitrogen and oxygen atoms in total. The van der Waals surface area contributed by atoms with Crippen LogP contribution in [0.5, 0.6) is 0 Å². The lowest BCUT2D eigenvalue weighted by atomic mass is 10.1. The summed E-state index contributed by atoms with van der Waals surface area (Å²) in [5.41, 5.74) is 3.41. The highest BCUT2D eigenvalue weighted by Gasteiger charge is 2.27. The Morgan fingerprint density at radius 3 is 2.60 bits per heavy atom. The number of fused-ring (bicyclic) bond motifs is 1. The van der Waals surface area contributed by atoms with E-state index in [0.717, 1.165) is 27.8 Å². The number of hydrogen-bond acceptors (Lipinski definition) is 6. The van der Waals surface area contributed by atoms with Gasteiger partial charge in [-0.3, -0.25) is 9.20 Å². The van der Waals surface area contributed by atoms with Crippen molar-refractivity contribution in [1.29, 1.82) is 0 Å². The molecule has 3 heterocycles. The zero-order chi connectivity index (χ0) is 25.6. The van der Waals surface area contributed by atoms with Gasteiger partial charge in [0.1, 0.15) is 12.2 Å². The Hall–Kier alpha value is -4.07.